The third-order valence-electron chi connectivity index (χ3n) is 3.78. The van der Waals surface area contributed by atoms with Crippen LogP contribution in [0.2, 0.25) is 0 Å². The molecule has 3 rings (SSSR count). The summed E-state index contributed by atoms with van der Waals surface area (Å²) in [4.78, 5) is 25.4. The number of hydrogen-bond donors (Lipinski definition) is 1. The third kappa shape index (κ3) is 3.83. The van der Waals surface area contributed by atoms with Crippen molar-refractivity contribution in [2.45, 2.75) is 19.9 Å². The van der Waals surface area contributed by atoms with Gasteiger partial charge in [0.15, 0.2) is 6.04 Å². The van der Waals surface area contributed by atoms with Gasteiger partial charge in [-0.3, -0.25) is 9.48 Å². The predicted octanol–water partition coefficient (Wildman–Crippen LogP) is 3.66. The van der Waals surface area contributed by atoms with E-state index in [9.17, 15) is 9.59 Å². The van der Waals surface area contributed by atoms with Gasteiger partial charge in [-0.15, -0.1) is 11.3 Å². The van der Waals surface area contributed by atoms with Crippen molar-refractivity contribution < 1.29 is 14.3 Å². The first-order chi connectivity index (χ1) is 12.6. The highest BCUT2D eigenvalue weighted by Gasteiger charge is 2.24. The zero-order valence-electron chi connectivity index (χ0n) is 14.5. The maximum atomic E-state index is 12.9. The lowest BCUT2D eigenvalue weighted by Crippen LogP contribution is -2.27. The molecular formula is C19H19N3O3S. The van der Waals surface area contributed by atoms with Gasteiger partial charge < -0.3 is 10.1 Å². The lowest BCUT2D eigenvalue weighted by atomic mass is 10.1. The lowest BCUT2D eigenvalue weighted by Gasteiger charge is -2.17. The van der Waals surface area contributed by atoms with E-state index in [4.69, 9.17) is 4.74 Å². The minimum atomic E-state index is -0.598. The Bertz CT molecular complexity index is 888. The highest BCUT2D eigenvalue weighted by atomic mass is 32.1. The van der Waals surface area contributed by atoms with Gasteiger partial charge in [0, 0.05) is 12.4 Å². The largest absolute Gasteiger partial charge is 0.462 e. The van der Waals surface area contributed by atoms with E-state index in [1.54, 1.807) is 36.1 Å². The summed E-state index contributed by atoms with van der Waals surface area (Å²) in [7, 11) is 0. The number of rotatable bonds is 6. The summed E-state index contributed by atoms with van der Waals surface area (Å²) in [5.74, 6) is -0.598. The van der Waals surface area contributed by atoms with Crippen LogP contribution in [0.5, 0.6) is 0 Å². The second-order valence-corrected chi connectivity index (χ2v) is 6.68. The smallest absolute Gasteiger partial charge is 0.348 e. The first-order valence-electron chi connectivity index (χ1n) is 8.22. The molecule has 1 atom stereocenters. The Labute approximate surface area is 155 Å². The van der Waals surface area contributed by atoms with Crippen molar-refractivity contribution in [1.29, 1.82) is 0 Å². The van der Waals surface area contributed by atoms with Gasteiger partial charge in [0.1, 0.15) is 4.88 Å². The van der Waals surface area contributed by atoms with E-state index in [1.165, 1.54) is 11.3 Å². The van der Waals surface area contributed by atoms with Crippen LogP contribution >= 0.6 is 11.3 Å². The number of aryl methyl sites for hydroxylation is 1. The van der Waals surface area contributed by atoms with Crippen LogP contribution in [-0.4, -0.2) is 28.3 Å². The molecule has 0 fully saturated rings. The molecule has 0 aliphatic heterocycles. The quantitative estimate of drug-likeness (QED) is 0.673. The van der Waals surface area contributed by atoms with E-state index in [0.29, 0.717) is 16.5 Å². The topological polar surface area (TPSA) is 73.2 Å². The number of amides is 1. The molecule has 0 radical (unpaired) electrons. The average Bonchev–Trinajstić information content (AvgIpc) is 3.26. The molecule has 2 heterocycles. The number of nitrogens with zero attached hydrogens (tertiary/aromatic N) is 2. The van der Waals surface area contributed by atoms with Crippen molar-refractivity contribution in [2.24, 2.45) is 0 Å². The van der Waals surface area contributed by atoms with Crippen LogP contribution in [0.4, 0.5) is 5.00 Å². The first kappa shape index (κ1) is 17.9. The van der Waals surface area contributed by atoms with Crippen LogP contribution in [0, 0.1) is 6.92 Å². The zero-order chi connectivity index (χ0) is 18.5. The van der Waals surface area contributed by atoms with E-state index in [2.05, 4.69) is 10.4 Å². The standard InChI is InChI=1S/C19H19N3O3S/c1-3-25-19(24)17-13(2)12-15(26-17)21-18(23)16(22-11-7-10-20-22)14-8-5-4-6-9-14/h4-12,16H,3H2,1-2H3,(H,21,23)/t16-/m1/s1. The minimum absolute atomic E-state index is 0.225. The van der Waals surface area contributed by atoms with Gasteiger partial charge in [-0.2, -0.15) is 5.10 Å². The summed E-state index contributed by atoms with van der Waals surface area (Å²) >= 11 is 1.21. The van der Waals surface area contributed by atoms with Crippen LogP contribution in [0.1, 0.15) is 33.8 Å². The molecule has 26 heavy (non-hydrogen) atoms. The van der Waals surface area contributed by atoms with Crippen molar-refractivity contribution in [3.63, 3.8) is 0 Å². The number of ether oxygens (including phenoxy) is 1. The normalized spacial score (nSPS) is 11.8. The van der Waals surface area contributed by atoms with Gasteiger partial charge in [0.25, 0.3) is 5.91 Å². The molecule has 3 aromatic rings. The number of thiophene rings is 1. The lowest BCUT2D eigenvalue weighted by molar-refractivity contribution is -0.118. The number of hydrogen-bond acceptors (Lipinski definition) is 5. The van der Waals surface area contributed by atoms with Crippen LogP contribution in [0.3, 0.4) is 0 Å². The molecule has 0 saturated heterocycles. The Morgan fingerprint density at radius 3 is 2.69 bits per heavy atom. The third-order valence-corrected chi connectivity index (χ3v) is 4.91. The first-order valence-corrected chi connectivity index (χ1v) is 9.04. The molecular weight excluding hydrogens is 350 g/mol. The monoisotopic (exact) mass is 369 g/mol. The molecule has 0 saturated carbocycles. The van der Waals surface area contributed by atoms with Gasteiger partial charge >= 0.3 is 5.97 Å². The predicted molar refractivity (Wildman–Crippen MR) is 100 cm³/mol. The molecule has 2 aromatic heterocycles. The number of carbonyl (C=O) groups is 2. The van der Waals surface area contributed by atoms with E-state index in [0.717, 1.165) is 11.1 Å². The van der Waals surface area contributed by atoms with Crippen molar-refractivity contribution in [3.05, 3.63) is 70.9 Å². The van der Waals surface area contributed by atoms with Gasteiger partial charge in [0.2, 0.25) is 0 Å². The minimum Gasteiger partial charge on any atom is -0.462 e. The number of anilines is 1. The van der Waals surface area contributed by atoms with Crippen molar-refractivity contribution in [3.8, 4) is 0 Å². The summed E-state index contributed by atoms with van der Waals surface area (Å²) in [6.45, 7) is 3.89. The fraction of sp³-hybridized carbons (Fsp3) is 0.211. The number of esters is 1. The Kier molecular flexibility index (Phi) is 5.48. The summed E-state index contributed by atoms with van der Waals surface area (Å²) in [6, 6.07) is 12.4. The molecule has 0 unspecified atom stereocenters. The van der Waals surface area contributed by atoms with Crippen LogP contribution in [0.15, 0.2) is 54.9 Å². The SMILES string of the molecule is CCOC(=O)c1sc(NC(=O)[C@@H](c2ccccc2)n2cccn2)cc1C. The molecule has 1 N–H and O–H groups in total. The summed E-state index contributed by atoms with van der Waals surface area (Å²) in [5, 5.41) is 7.71. The van der Waals surface area contributed by atoms with Crippen molar-refractivity contribution in [1.82, 2.24) is 9.78 Å². The molecule has 1 aromatic carbocycles. The molecule has 0 bridgehead atoms. The second kappa shape index (κ2) is 7.97. The fourth-order valence-corrected chi connectivity index (χ4v) is 3.60. The van der Waals surface area contributed by atoms with Crippen LogP contribution in [-0.2, 0) is 9.53 Å². The summed E-state index contributed by atoms with van der Waals surface area (Å²) < 4.78 is 6.66. The number of aromatic nitrogens is 2. The Morgan fingerprint density at radius 2 is 2.04 bits per heavy atom. The van der Waals surface area contributed by atoms with Crippen LogP contribution < -0.4 is 5.32 Å². The maximum Gasteiger partial charge on any atom is 0.348 e. The molecule has 6 nitrogen and oxygen atoms in total. The van der Waals surface area contributed by atoms with Crippen molar-refractivity contribution in [2.75, 3.05) is 11.9 Å². The molecule has 7 heteroatoms. The van der Waals surface area contributed by atoms with Gasteiger partial charge in [-0.05, 0) is 37.1 Å². The molecule has 0 aliphatic rings. The highest BCUT2D eigenvalue weighted by Crippen LogP contribution is 2.29. The van der Waals surface area contributed by atoms with E-state index < -0.39 is 6.04 Å². The molecule has 1 amide bonds. The number of nitrogens with one attached hydrogen (secondary N) is 1. The number of benzene rings is 1. The number of carbonyl (C=O) groups excluding carboxylic acids is 2. The van der Waals surface area contributed by atoms with Gasteiger partial charge in [0.05, 0.1) is 11.6 Å². The van der Waals surface area contributed by atoms with Gasteiger partial charge in [-0.1, -0.05) is 30.3 Å². The van der Waals surface area contributed by atoms with Crippen molar-refractivity contribution >= 4 is 28.2 Å². The maximum absolute atomic E-state index is 12.9. The van der Waals surface area contributed by atoms with Gasteiger partial charge in [-0.25, -0.2) is 4.79 Å². The van der Waals surface area contributed by atoms with E-state index in [-0.39, 0.29) is 11.9 Å². The molecule has 0 spiro atoms. The summed E-state index contributed by atoms with van der Waals surface area (Å²) in [6.07, 6.45) is 3.39. The average molecular weight is 369 g/mol. The van der Waals surface area contributed by atoms with E-state index >= 15 is 0 Å². The fourth-order valence-electron chi connectivity index (χ4n) is 2.63. The highest BCUT2D eigenvalue weighted by molar-refractivity contribution is 7.18. The Balaban J connectivity index is 1.85. The Hall–Kier alpha value is -2.93. The molecule has 0 aliphatic carbocycles. The summed E-state index contributed by atoms with van der Waals surface area (Å²) in [5.41, 5.74) is 1.60. The zero-order valence-corrected chi connectivity index (χ0v) is 15.3. The molecule has 134 valence electrons. The van der Waals surface area contributed by atoms with Crippen LogP contribution in [0.25, 0.3) is 0 Å². The van der Waals surface area contributed by atoms with E-state index in [1.807, 2.05) is 37.3 Å². The second-order valence-electron chi connectivity index (χ2n) is 5.63. The Morgan fingerprint density at radius 1 is 1.27 bits per heavy atom.